The summed E-state index contributed by atoms with van der Waals surface area (Å²) in [7, 11) is 0. The van der Waals surface area contributed by atoms with Gasteiger partial charge in [-0.1, -0.05) is 12.1 Å². The van der Waals surface area contributed by atoms with Crippen LogP contribution in [0.2, 0.25) is 0 Å². The highest BCUT2D eigenvalue weighted by Gasteiger charge is 2.26. The van der Waals surface area contributed by atoms with Crippen LogP contribution in [0.4, 0.5) is 0 Å². The van der Waals surface area contributed by atoms with Gasteiger partial charge in [-0.2, -0.15) is 0 Å². The highest BCUT2D eigenvalue weighted by molar-refractivity contribution is 14.1. The van der Waals surface area contributed by atoms with Crippen molar-refractivity contribution in [2.24, 2.45) is 0 Å². The second-order valence-electron chi connectivity index (χ2n) is 3.28. The molecule has 3 nitrogen and oxygen atoms in total. The van der Waals surface area contributed by atoms with E-state index in [4.69, 9.17) is 5.11 Å². The number of nitrogens with one attached hydrogen (secondary N) is 1. The third kappa shape index (κ3) is 1.64. The molecule has 0 aliphatic carbocycles. The van der Waals surface area contributed by atoms with Crippen LogP contribution in [0.3, 0.4) is 0 Å². The molecule has 1 aromatic carbocycles. The smallest absolute Gasteiger partial charge is 0.325 e. The molecule has 0 aromatic heterocycles. The molecular formula is C10H10INO2. The molecule has 0 fully saturated rings. The second-order valence-corrected chi connectivity index (χ2v) is 4.45. The van der Waals surface area contributed by atoms with E-state index in [0.717, 1.165) is 22.1 Å². The monoisotopic (exact) mass is 303 g/mol. The van der Waals surface area contributed by atoms with Gasteiger partial charge in [0.2, 0.25) is 0 Å². The Kier molecular flexibility index (Phi) is 2.73. The van der Waals surface area contributed by atoms with Crippen LogP contribution in [-0.4, -0.2) is 17.6 Å². The van der Waals surface area contributed by atoms with Gasteiger partial charge in [-0.15, -0.1) is 0 Å². The van der Waals surface area contributed by atoms with Crippen molar-refractivity contribution in [3.63, 3.8) is 0 Å². The molecule has 1 aromatic rings. The molecule has 0 amide bonds. The molecule has 0 spiro atoms. The Hall–Kier alpha value is -0.620. The van der Waals surface area contributed by atoms with Crippen LogP contribution < -0.4 is 5.32 Å². The molecule has 14 heavy (non-hydrogen) atoms. The summed E-state index contributed by atoms with van der Waals surface area (Å²) < 4.78 is 1.16. The number of fused-ring (bicyclic) bond motifs is 1. The zero-order valence-electron chi connectivity index (χ0n) is 7.46. The van der Waals surface area contributed by atoms with Gasteiger partial charge in [0.05, 0.1) is 0 Å². The molecular weight excluding hydrogens is 293 g/mol. The standard InChI is InChI=1S/C10H10INO2/c11-8-3-1-2-7-6(8)4-5-12-9(7)10(13)14/h1-3,9,12H,4-5H2,(H,13,14). The van der Waals surface area contributed by atoms with E-state index < -0.39 is 12.0 Å². The van der Waals surface area contributed by atoms with E-state index in [2.05, 4.69) is 27.9 Å². The van der Waals surface area contributed by atoms with Crippen LogP contribution in [0.1, 0.15) is 17.2 Å². The van der Waals surface area contributed by atoms with Crippen molar-refractivity contribution in [1.29, 1.82) is 0 Å². The van der Waals surface area contributed by atoms with Gasteiger partial charge >= 0.3 is 5.97 Å². The fourth-order valence-corrected chi connectivity index (χ4v) is 2.57. The summed E-state index contributed by atoms with van der Waals surface area (Å²) in [5.41, 5.74) is 2.09. The number of rotatable bonds is 1. The lowest BCUT2D eigenvalue weighted by Gasteiger charge is -2.24. The highest BCUT2D eigenvalue weighted by atomic mass is 127. The van der Waals surface area contributed by atoms with E-state index in [1.54, 1.807) is 0 Å². The fraction of sp³-hybridized carbons (Fsp3) is 0.300. The molecule has 2 rings (SSSR count). The zero-order valence-corrected chi connectivity index (χ0v) is 9.61. The predicted octanol–water partition coefficient (Wildman–Crippen LogP) is 1.56. The first-order chi connectivity index (χ1) is 6.70. The van der Waals surface area contributed by atoms with Crippen molar-refractivity contribution >= 4 is 28.6 Å². The van der Waals surface area contributed by atoms with E-state index in [0.29, 0.717) is 0 Å². The van der Waals surface area contributed by atoms with Crippen molar-refractivity contribution in [1.82, 2.24) is 5.32 Å². The van der Waals surface area contributed by atoms with E-state index in [1.165, 1.54) is 5.56 Å². The fourth-order valence-electron chi connectivity index (χ4n) is 1.78. The quantitative estimate of drug-likeness (QED) is 0.774. The molecule has 1 aliphatic heterocycles. The van der Waals surface area contributed by atoms with Crippen LogP contribution in [0, 0.1) is 3.57 Å². The Morgan fingerprint density at radius 3 is 3.07 bits per heavy atom. The van der Waals surface area contributed by atoms with Crippen molar-refractivity contribution in [2.75, 3.05) is 6.54 Å². The average Bonchev–Trinajstić information content (AvgIpc) is 2.17. The van der Waals surface area contributed by atoms with Crippen molar-refractivity contribution in [2.45, 2.75) is 12.5 Å². The van der Waals surface area contributed by atoms with Gasteiger partial charge in [0, 0.05) is 10.1 Å². The zero-order chi connectivity index (χ0) is 10.1. The molecule has 0 saturated carbocycles. The summed E-state index contributed by atoms with van der Waals surface area (Å²) in [4.78, 5) is 11.0. The lowest BCUT2D eigenvalue weighted by atomic mass is 9.94. The minimum Gasteiger partial charge on any atom is -0.480 e. The SMILES string of the molecule is O=C(O)C1NCCc2c(I)cccc21. The summed E-state index contributed by atoms with van der Waals surface area (Å²) in [6.45, 7) is 0.740. The normalized spacial score (nSPS) is 20.2. The molecule has 2 N–H and O–H groups in total. The highest BCUT2D eigenvalue weighted by Crippen LogP contribution is 2.26. The maximum atomic E-state index is 11.0. The average molecular weight is 303 g/mol. The number of hydrogen-bond acceptors (Lipinski definition) is 2. The molecule has 0 bridgehead atoms. The molecule has 1 heterocycles. The van der Waals surface area contributed by atoms with Crippen LogP contribution in [0.5, 0.6) is 0 Å². The molecule has 1 aliphatic rings. The Balaban J connectivity index is 2.49. The van der Waals surface area contributed by atoms with Crippen LogP contribution in [-0.2, 0) is 11.2 Å². The Morgan fingerprint density at radius 2 is 2.36 bits per heavy atom. The predicted molar refractivity (Wildman–Crippen MR) is 61.2 cm³/mol. The van der Waals surface area contributed by atoms with Gasteiger partial charge in [0.15, 0.2) is 0 Å². The van der Waals surface area contributed by atoms with E-state index in [9.17, 15) is 4.79 Å². The number of carboxylic acids is 1. The first kappa shape index (κ1) is 9.92. The Labute approximate surface area is 95.7 Å². The largest absolute Gasteiger partial charge is 0.480 e. The van der Waals surface area contributed by atoms with Gasteiger partial charge in [-0.05, 0) is 46.2 Å². The molecule has 1 unspecified atom stereocenters. The summed E-state index contributed by atoms with van der Waals surface area (Å²) in [6.07, 6.45) is 0.915. The van der Waals surface area contributed by atoms with Gasteiger partial charge in [0.25, 0.3) is 0 Å². The van der Waals surface area contributed by atoms with Gasteiger partial charge in [-0.25, -0.2) is 0 Å². The second kappa shape index (κ2) is 3.86. The molecule has 0 radical (unpaired) electrons. The number of aliphatic carboxylic acids is 1. The minimum atomic E-state index is -0.798. The first-order valence-corrected chi connectivity index (χ1v) is 5.51. The summed E-state index contributed by atoms with van der Waals surface area (Å²) >= 11 is 2.26. The van der Waals surface area contributed by atoms with Crippen LogP contribution >= 0.6 is 22.6 Å². The third-order valence-corrected chi connectivity index (χ3v) is 3.45. The number of carbonyl (C=O) groups is 1. The lowest BCUT2D eigenvalue weighted by molar-refractivity contribution is -0.139. The van der Waals surface area contributed by atoms with Crippen LogP contribution in [0.25, 0.3) is 0 Å². The summed E-state index contributed by atoms with van der Waals surface area (Å²) in [6, 6.07) is 5.28. The van der Waals surface area contributed by atoms with E-state index >= 15 is 0 Å². The van der Waals surface area contributed by atoms with E-state index in [1.807, 2.05) is 18.2 Å². The number of benzene rings is 1. The summed E-state index contributed by atoms with van der Waals surface area (Å²) in [5.74, 6) is -0.798. The van der Waals surface area contributed by atoms with Crippen molar-refractivity contribution in [3.05, 3.63) is 32.9 Å². The van der Waals surface area contributed by atoms with E-state index in [-0.39, 0.29) is 0 Å². The Morgan fingerprint density at radius 1 is 1.57 bits per heavy atom. The third-order valence-electron chi connectivity index (χ3n) is 2.44. The van der Waals surface area contributed by atoms with Gasteiger partial charge < -0.3 is 10.4 Å². The molecule has 74 valence electrons. The first-order valence-electron chi connectivity index (χ1n) is 4.43. The van der Waals surface area contributed by atoms with Gasteiger partial charge in [-0.3, -0.25) is 4.79 Å². The molecule has 4 heteroatoms. The maximum absolute atomic E-state index is 11.0. The minimum absolute atomic E-state index is 0.534. The van der Waals surface area contributed by atoms with Crippen molar-refractivity contribution < 1.29 is 9.90 Å². The topological polar surface area (TPSA) is 49.3 Å². The molecule has 1 atom stereocenters. The number of hydrogen-bond donors (Lipinski definition) is 2. The summed E-state index contributed by atoms with van der Waals surface area (Å²) in [5, 5.41) is 12.0. The maximum Gasteiger partial charge on any atom is 0.325 e. The lowest BCUT2D eigenvalue weighted by Crippen LogP contribution is -2.35. The Bertz CT molecular complexity index is 378. The number of halogens is 1. The van der Waals surface area contributed by atoms with Crippen LogP contribution in [0.15, 0.2) is 18.2 Å². The molecule has 0 saturated heterocycles. The number of carboxylic acid groups (broad SMARTS) is 1. The van der Waals surface area contributed by atoms with Gasteiger partial charge in [0.1, 0.15) is 6.04 Å². The van der Waals surface area contributed by atoms with Crippen molar-refractivity contribution in [3.8, 4) is 0 Å².